The van der Waals surface area contributed by atoms with Crippen molar-refractivity contribution >= 4 is 6.09 Å². The number of alkyl carbamates (subject to hydrolysis) is 1. The van der Waals surface area contributed by atoms with E-state index < -0.39 is 11.7 Å². The Morgan fingerprint density at radius 3 is 2.74 bits per heavy atom. The third kappa shape index (κ3) is 8.43. The first-order chi connectivity index (χ1) is 8.97. The molecule has 4 nitrogen and oxygen atoms in total. The summed E-state index contributed by atoms with van der Waals surface area (Å²) in [5, 5.41) is 2.67. The summed E-state index contributed by atoms with van der Waals surface area (Å²) in [6.07, 6.45) is 10.3. The maximum atomic E-state index is 11.3. The first kappa shape index (κ1) is 15.8. The van der Waals surface area contributed by atoms with Crippen LogP contribution < -0.4 is 5.32 Å². The molecular weight excluding hydrogens is 242 g/mol. The average molecular weight is 267 g/mol. The van der Waals surface area contributed by atoms with Gasteiger partial charge in [0.05, 0.1) is 6.61 Å². The van der Waals surface area contributed by atoms with Crippen molar-refractivity contribution in [1.29, 1.82) is 0 Å². The van der Waals surface area contributed by atoms with E-state index in [-0.39, 0.29) is 0 Å². The molecule has 0 fully saturated rings. The predicted molar refractivity (Wildman–Crippen MR) is 76.1 cm³/mol. The van der Waals surface area contributed by atoms with Gasteiger partial charge in [0.1, 0.15) is 5.60 Å². The molecule has 0 aliphatic heterocycles. The molecule has 1 unspecified atom stereocenters. The molecule has 1 amide bonds. The molecule has 1 aliphatic rings. The fraction of sp³-hybridized carbons (Fsp3) is 0.667. The zero-order chi connectivity index (χ0) is 14.1. The Morgan fingerprint density at radius 2 is 2.11 bits per heavy atom. The van der Waals surface area contributed by atoms with Crippen molar-refractivity contribution in [2.24, 2.45) is 5.92 Å². The van der Waals surface area contributed by atoms with Crippen LogP contribution >= 0.6 is 0 Å². The minimum absolute atomic E-state index is 0.392. The fourth-order valence-electron chi connectivity index (χ4n) is 1.72. The second kappa shape index (κ2) is 8.00. The monoisotopic (exact) mass is 267 g/mol. The third-order valence-corrected chi connectivity index (χ3v) is 2.62. The molecular formula is C15H25NO3. The van der Waals surface area contributed by atoms with E-state index in [9.17, 15) is 4.79 Å². The summed E-state index contributed by atoms with van der Waals surface area (Å²) in [4.78, 5) is 11.3. The Kier molecular flexibility index (Phi) is 6.64. The number of carbonyl (C=O) groups is 1. The molecule has 1 atom stereocenters. The second-order valence-electron chi connectivity index (χ2n) is 5.64. The SMILES string of the molecule is CC(C)(C)OC(=O)NCCOCCC1C=CC=CC1. The molecule has 0 aromatic heterocycles. The van der Waals surface area contributed by atoms with Crippen molar-refractivity contribution in [1.82, 2.24) is 5.32 Å². The zero-order valence-corrected chi connectivity index (χ0v) is 12.1. The van der Waals surface area contributed by atoms with Gasteiger partial charge in [-0.1, -0.05) is 24.3 Å². The molecule has 0 saturated heterocycles. The molecule has 1 aliphatic carbocycles. The van der Waals surface area contributed by atoms with Crippen molar-refractivity contribution < 1.29 is 14.3 Å². The first-order valence-corrected chi connectivity index (χ1v) is 6.85. The molecule has 108 valence electrons. The van der Waals surface area contributed by atoms with Crippen LogP contribution in [0.1, 0.15) is 33.6 Å². The highest BCUT2D eigenvalue weighted by Gasteiger charge is 2.15. The topological polar surface area (TPSA) is 47.6 Å². The number of hydrogen-bond donors (Lipinski definition) is 1. The molecule has 0 aromatic rings. The van der Waals surface area contributed by atoms with Crippen molar-refractivity contribution in [2.45, 2.75) is 39.2 Å². The summed E-state index contributed by atoms with van der Waals surface area (Å²) in [5.74, 6) is 0.587. The lowest BCUT2D eigenvalue weighted by molar-refractivity contribution is 0.0496. The van der Waals surface area contributed by atoms with Crippen LogP contribution in [0.4, 0.5) is 4.79 Å². The Balaban J connectivity index is 1.95. The highest BCUT2D eigenvalue weighted by Crippen LogP contribution is 2.15. The summed E-state index contributed by atoms with van der Waals surface area (Å²) < 4.78 is 10.6. The predicted octanol–water partition coefficient (Wildman–Crippen LogP) is 3.05. The second-order valence-corrected chi connectivity index (χ2v) is 5.64. The van der Waals surface area contributed by atoms with Crippen LogP contribution in [-0.4, -0.2) is 31.5 Å². The first-order valence-electron chi connectivity index (χ1n) is 6.85. The van der Waals surface area contributed by atoms with Crippen LogP contribution in [0.5, 0.6) is 0 Å². The molecule has 4 heteroatoms. The third-order valence-electron chi connectivity index (χ3n) is 2.62. The molecule has 0 saturated carbocycles. The summed E-state index contributed by atoms with van der Waals surface area (Å²) in [7, 11) is 0. The minimum atomic E-state index is -0.453. The summed E-state index contributed by atoms with van der Waals surface area (Å²) in [5.41, 5.74) is -0.453. The smallest absolute Gasteiger partial charge is 0.407 e. The van der Waals surface area contributed by atoms with Gasteiger partial charge >= 0.3 is 6.09 Å². The quantitative estimate of drug-likeness (QED) is 0.752. The van der Waals surface area contributed by atoms with E-state index in [1.807, 2.05) is 20.8 Å². The number of allylic oxidation sites excluding steroid dienone is 4. The molecule has 0 aromatic carbocycles. The normalized spacial score (nSPS) is 18.4. The van der Waals surface area contributed by atoms with Crippen LogP contribution in [0.2, 0.25) is 0 Å². The average Bonchev–Trinajstić information content (AvgIpc) is 2.32. The van der Waals surface area contributed by atoms with Gasteiger partial charge in [-0.3, -0.25) is 0 Å². The molecule has 0 bridgehead atoms. The number of carbonyl (C=O) groups excluding carboxylic acids is 1. The number of amides is 1. The lowest BCUT2D eigenvalue weighted by atomic mass is 9.98. The maximum Gasteiger partial charge on any atom is 0.407 e. The van der Waals surface area contributed by atoms with E-state index in [0.29, 0.717) is 19.1 Å². The van der Waals surface area contributed by atoms with Gasteiger partial charge in [-0.2, -0.15) is 0 Å². The van der Waals surface area contributed by atoms with Gasteiger partial charge in [-0.05, 0) is 39.5 Å². The van der Waals surface area contributed by atoms with E-state index in [2.05, 4.69) is 29.6 Å². The Hall–Kier alpha value is -1.29. The van der Waals surface area contributed by atoms with E-state index in [1.165, 1.54) is 0 Å². The molecule has 19 heavy (non-hydrogen) atoms. The molecule has 1 rings (SSSR count). The van der Waals surface area contributed by atoms with Crippen molar-refractivity contribution in [3.05, 3.63) is 24.3 Å². The van der Waals surface area contributed by atoms with Crippen LogP contribution in [-0.2, 0) is 9.47 Å². The highest BCUT2D eigenvalue weighted by molar-refractivity contribution is 5.67. The maximum absolute atomic E-state index is 11.3. The lowest BCUT2D eigenvalue weighted by Gasteiger charge is -2.19. The van der Waals surface area contributed by atoms with Gasteiger partial charge in [0.2, 0.25) is 0 Å². The molecule has 1 N–H and O–H groups in total. The van der Waals surface area contributed by atoms with E-state index >= 15 is 0 Å². The standard InChI is InChI=1S/C15H25NO3/c1-15(2,3)19-14(17)16-10-12-18-11-9-13-7-5-4-6-8-13/h4-7,13H,8-12H2,1-3H3,(H,16,17). The lowest BCUT2D eigenvalue weighted by Crippen LogP contribution is -2.34. The van der Waals surface area contributed by atoms with Crippen molar-refractivity contribution in [2.75, 3.05) is 19.8 Å². The Labute approximate surface area is 115 Å². The Bertz CT molecular complexity index is 329. The minimum Gasteiger partial charge on any atom is -0.444 e. The van der Waals surface area contributed by atoms with Gasteiger partial charge in [0.15, 0.2) is 0 Å². The number of hydrogen-bond acceptors (Lipinski definition) is 3. The molecule has 0 radical (unpaired) electrons. The molecule has 0 heterocycles. The number of ether oxygens (including phenoxy) is 2. The van der Waals surface area contributed by atoms with Crippen LogP contribution in [0.25, 0.3) is 0 Å². The Morgan fingerprint density at radius 1 is 1.32 bits per heavy atom. The zero-order valence-electron chi connectivity index (χ0n) is 12.1. The van der Waals surface area contributed by atoms with Crippen molar-refractivity contribution in [3.63, 3.8) is 0 Å². The van der Waals surface area contributed by atoms with E-state index in [1.54, 1.807) is 0 Å². The van der Waals surface area contributed by atoms with Gasteiger partial charge in [0, 0.05) is 13.2 Å². The number of rotatable bonds is 6. The highest BCUT2D eigenvalue weighted by atomic mass is 16.6. The largest absolute Gasteiger partial charge is 0.444 e. The van der Waals surface area contributed by atoms with Crippen molar-refractivity contribution in [3.8, 4) is 0 Å². The number of nitrogens with one attached hydrogen (secondary N) is 1. The van der Waals surface area contributed by atoms with E-state index in [4.69, 9.17) is 9.47 Å². The fourth-order valence-corrected chi connectivity index (χ4v) is 1.72. The van der Waals surface area contributed by atoms with Gasteiger partial charge in [0.25, 0.3) is 0 Å². The van der Waals surface area contributed by atoms with Crippen LogP contribution in [0, 0.1) is 5.92 Å². The van der Waals surface area contributed by atoms with Gasteiger partial charge < -0.3 is 14.8 Å². The van der Waals surface area contributed by atoms with Gasteiger partial charge in [-0.25, -0.2) is 4.79 Å². The summed E-state index contributed by atoms with van der Waals surface area (Å²) in [6, 6.07) is 0. The van der Waals surface area contributed by atoms with E-state index in [0.717, 1.165) is 19.4 Å². The molecule has 0 spiro atoms. The van der Waals surface area contributed by atoms with Crippen LogP contribution in [0.3, 0.4) is 0 Å². The van der Waals surface area contributed by atoms with Crippen LogP contribution in [0.15, 0.2) is 24.3 Å². The van der Waals surface area contributed by atoms with Gasteiger partial charge in [-0.15, -0.1) is 0 Å². The summed E-state index contributed by atoms with van der Waals surface area (Å²) >= 11 is 0. The summed E-state index contributed by atoms with van der Waals surface area (Å²) in [6.45, 7) is 7.25.